The molecular formula is C14H23ClN2. The Morgan fingerprint density at radius 1 is 1.35 bits per heavy atom. The summed E-state index contributed by atoms with van der Waals surface area (Å²) in [4.78, 5) is 2.38. The summed E-state index contributed by atoms with van der Waals surface area (Å²) in [5.41, 5.74) is 1.27. The highest BCUT2D eigenvalue weighted by Gasteiger charge is 2.17. The average molecular weight is 255 g/mol. The van der Waals surface area contributed by atoms with E-state index in [1.54, 1.807) is 0 Å². The molecule has 2 nitrogen and oxygen atoms in total. The maximum absolute atomic E-state index is 6.00. The second-order valence-corrected chi connectivity index (χ2v) is 5.35. The number of likely N-dealkylation sites (N-methyl/N-ethyl adjacent to an activating group) is 2. The highest BCUT2D eigenvalue weighted by molar-refractivity contribution is 6.30. The molecule has 1 N–H and O–H groups in total. The van der Waals surface area contributed by atoms with Gasteiger partial charge in [0.1, 0.15) is 0 Å². The normalized spacial score (nSPS) is 13.4. The van der Waals surface area contributed by atoms with E-state index < -0.39 is 0 Å². The smallest absolute Gasteiger partial charge is 0.0409 e. The van der Waals surface area contributed by atoms with Crippen LogP contribution in [0, 0.1) is 5.92 Å². The fraction of sp³-hybridized carbons (Fsp3) is 0.571. The standard InChI is InChI=1S/C14H23ClN2/c1-11(2)14(9-16-3)17(4)10-12-6-5-7-13(15)8-12/h5-8,11,14,16H,9-10H2,1-4H3. The van der Waals surface area contributed by atoms with Crippen molar-refractivity contribution < 1.29 is 0 Å². The molecular weight excluding hydrogens is 232 g/mol. The van der Waals surface area contributed by atoms with Crippen molar-refractivity contribution in [1.82, 2.24) is 10.2 Å². The van der Waals surface area contributed by atoms with Crippen molar-refractivity contribution >= 4 is 11.6 Å². The fourth-order valence-corrected chi connectivity index (χ4v) is 2.36. The first-order chi connectivity index (χ1) is 8.04. The Morgan fingerprint density at radius 2 is 2.06 bits per heavy atom. The van der Waals surface area contributed by atoms with Crippen molar-refractivity contribution in [2.24, 2.45) is 5.92 Å². The SMILES string of the molecule is CNCC(C(C)C)N(C)Cc1cccc(Cl)c1. The number of hydrogen-bond donors (Lipinski definition) is 1. The molecule has 0 aliphatic carbocycles. The van der Waals surface area contributed by atoms with Crippen LogP contribution >= 0.6 is 11.6 Å². The van der Waals surface area contributed by atoms with Crippen LogP contribution in [0.4, 0.5) is 0 Å². The minimum Gasteiger partial charge on any atom is -0.318 e. The lowest BCUT2D eigenvalue weighted by Gasteiger charge is -2.31. The Morgan fingerprint density at radius 3 is 2.59 bits per heavy atom. The van der Waals surface area contributed by atoms with Gasteiger partial charge in [-0.2, -0.15) is 0 Å². The van der Waals surface area contributed by atoms with Crippen LogP contribution in [0.15, 0.2) is 24.3 Å². The molecule has 0 aromatic heterocycles. The van der Waals surface area contributed by atoms with Crippen molar-refractivity contribution in [2.75, 3.05) is 20.6 Å². The molecule has 1 aromatic rings. The zero-order chi connectivity index (χ0) is 12.8. The van der Waals surface area contributed by atoms with Crippen molar-refractivity contribution in [3.63, 3.8) is 0 Å². The van der Waals surface area contributed by atoms with Crippen molar-refractivity contribution in [3.8, 4) is 0 Å². The summed E-state index contributed by atoms with van der Waals surface area (Å²) in [5.74, 6) is 0.631. The van der Waals surface area contributed by atoms with E-state index in [9.17, 15) is 0 Å². The van der Waals surface area contributed by atoms with Crippen molar-refractivity contribution in [3.05, 3.63) is 34.9 Å². The van der Waals surface area contributed by atoms with Gasteiger partial charge in [-0.15, -0.1) is 0 Å². The fourth-order valence-electron chi connectivity index (χ4n) is 2.15. The Hall–Kier alpha value is -0.570. The van der Waals surface area contributed by atoms with Gasteiger partial charge in [0.05, 0.1) is 0 Å². The molecule has 0 heterocycles. The molecule has 1 rings (SSSR count). The van der Waals surface area contributed by atoms with E-state index in [0.717, 1.165) is 18.1 Å². The Labute approximate surface area is 110 Å². The van der Waals surface area contributed by atoms with Gasteiger partial charge in [0.15, 0.2) is 0 Å². The van der Waals surface area contributed by atoms with Gasteiger partial charge in [0.25, 0.3) is 0 Å². The second-order valence-electron chi connectivity index (χ2n) is 4.91. The van der Waals surface area contributed by atoms with E-state index in [-0.39, 0.29) is 0 Å². The van der Waals surface area contributed by atoms with Gasteiger partial charge >= 0.3 is 0 Å². The maximum atomic E-state index is 6.00. The van der Waals surface area contributed by atoms with Crippen LogP contribution in [-0.2, 0) is 6.54 Å². The summed E-state index contributed by atoms with van der Waals surface area (Å²) in [6, 6.07) is 8.62. The van der Waals surface area contributed by atoms with Gasteiger partial charge in [-0.05, 0) is 37.7 Å². The molecule has 0 amide bonds. The first kappa shape index (κ1) is 14.5. The molecule has 0 saturated carbocycles. The van der Waals surface area contributed by atoms with Crippen LogP contribution in [-0.4, -0.2) is 31.6 Å². The summed E-state index contributed by atoms with van der Waals surface area (Å²) in [6.07, 6.45) is 0. The summed E-state index contributed by atoms with van der Waals surface area (Å²) >= 11 is 6.00. The Balaban J connectivity index is 2.66. The molecule has 1 atom stereocenters. The van der Waals surface area contributed by atoms with Crippen molar-refractivity contribution in [2.45, 2.75) is 26.4 Å². The molecule has 3 heteroatoms. The highest BCUT2D eigenvalue weighted by Crippen LogP contribution is 2.15. The van der Waals surface area contributed by atoms with Crippen molar-refractivity contribution in [1.29, 1.82) is 0 Å². The number of hydrogen-bond acceptors (Lipinski definition) is 2. The van der Waals surface area contributed by atoms with Crippen LogP contribution < -0.4 is 5.32 Å². The largest absolute Gasteiger partial charge is 0.318 e. The molecule has 1 aromatic carbocycles. The zero-order valence-corrected chi connectivity index (χ0v) is 12.0. The third-order valence-corrected chi connectivity index (χ3v) is 3.31. The molecule has 1 unspecified atom stereocenters. The number of rotatable bonds is 6. The number of benzene rings is 1. The van der Waals surface area contributed by atoms with E-state index in [1.807, 2.05) is 25.2 Å². The lowest BCUT2D eigenvalue weighted by Crippen LogP contribution is -2.42. The summed E-state index contributed by atoms with van der Waals surface area (Å²) < 4.78 is 0. The minimum atomic E-state index is 0.541. The van der Waals surface area contributed by atoms with Gasteiger partial charge in [0, 0.05) is 24.2 Å². The van der Waals surface area contributed by atoms with E-state index in [4.69, 9.17) is 11.6 Å². The quantitative estimate of drug-likeness (QED) is 0.840. The van der Waals surface area contributed by atoms with E-state index in [0.29, 0.717) is 12.0 Å². The summed E-state index contributed by atoms with van der Waals surface area (Å²) in [7, 11) is 4.17. The van der Waals surface area contributed by atoms with Gasteiger partial charge in [-0.3, -0.25) is 4.90 Å². The van der Waals surface area contributed by atoms with Crippen LogP contribution in [0.5, 0.6) is 0 Å². The lowest BCUT2D eigenvalue weighted by molar-refractivity contribution is 0.182. The van der Waals surface area contributed by atoms with Crippen LogP contribution in [0.2, 0.25) is 5.02 Å². The molecule has 17 heavy (non-hydrogen) atoms. The van der Waals surface area contributed by atoms with Gasteiger partial charge in [-0.25, -0.2) is 0 Å². The van der Waals surface area contributed by atoms with Gasteiger partial charge in [-0.1, -0.05) is 37.6 Å². The Kier molecular flexibility index (Phi) is 5.96. The zero-order valence-electron chi connectivity index (χ0n) is 11.2. The van der Waals surface area contributed by atoms with E-state index >= 15 is 0 Å². The monoisotopic (exact) mass is 254 g/mol. The molecule has 0 radical (unpaired) electrons. The molecule has 0 aliphatic heterocycles. The average Bonchev–Trinajstić information content (AvgIpc) is 2.25. The topological polar surface area (TPSA) is 15.3 Å². The first-order valence-corrected chi connectivity index (χ1v) is 6.51. The third-order valence-electron chi connectivity index (χ3n) is 3.07. The predicted molar refractivity (Wildman–Crippen MR) is 75.5 cm³/mol. The summed E-state index contributed by atoms with van der Waals surface area (Å²) in [5, 5.41) is 4.07. The van der Waals surface area contributed by atoms with Crippen LogP contribution in [0.3, 0.4) is 0 Å². The lowest BCUT2D eigenvalue weighted by atomic mass is 10.0. The first-order valence-electron chi connectivity index (χ1n) is 6.14. The van der Waals surface area contributed by atoms with Gasteiger partial charge < -0.3 is 5.32 Å². The number of nitrogens with zero attached hydrogens (tertiary/aromatic N) is 1. The molecule has 96 valence electrons. The second kappa shape index (κ2) is 7.00. The Bertz CT molecular complexity index is 339. The summed E-state index contributed by atoms with van der Waals surface area (Å²) in [6.45, 7) is 6.47. The maximum Gasteiger partial charge on any atom is 0.0409 e. The van der Waals surface area contributed by atoms with E-state index in [2.05, 4.69) is 37.2 Å². The molecule has 0 saturated heterocycles. The highest BCUT2D eigenvalue weighted by atomic mass is 35.5. The minimum absolute atomic E-state index is 0.541. The van der Waals surface area contributed by atoms with Crippen LogP contribution in [0.1, 0.15) is 19.4 Å². The van der Waals surface area contributed by atoms with Crippen LogP contribution in [0.25, 0.3) is 0 Å². The third kappa shape index (κ3) is 4.66. The molecule has 0 aliphatic rings. The number of nitrogens with one attached hydrogen (secondary N) is 1. The van der Waals surface area contributed by atoms with Gasteiger partial charge in [0.2, 0.25) is 0 Å². The predicted octanol–water partition coefficient (Wildman–Crippen LogP) is 3.02. The molecule has 0 spiro atoms. The molecule has 0 fully saturated rings. The van der Waals surface area contributed by atoms with E-state index in [1.165, 1.54) is 5.56 Å². The number of halogens is 1. The molecule has 0 bridgehead atoms.